The second-order valence-corrected chi connectivity index (χ2v) is 1.85. The second-order valence-electron chi connectivity index (χ2n) is 1.85. The number of rotatable bonds is 1. The van der Waals surface area contributed by atoms with E-state index in [1.807, 2.05) is 0 Å². The van der Waals surface area contributed by atoms with Crippen LogP contribution in [-0.2, 0) is 0 Å². The number of carboxylic acid groups (broad SMARTS) is 1. The molecule has 3 nitrogen and oxygen atoms in total. The van der Waals surface area contributed by atoms with Gasteiger partial charge in [0.2, 0.25) is 0 Å². The number of phenolic OH excluding ortho intramolecular Hbond substituents is 1. The van der Waals surface area contributed by atoms with E-state index in [1.54, 1.807) is 0 Å². The first-order valence-electron chi connectivity index (χ1n) is 2.72. The van der Waals surface area contributed by atoms with Crippen molar-refractivity contribution in [2.75, 3.05) is 0 Å². The van der Waals surface area contributed by atoms with Crippen LogP contribution in [0.5, 0.6) is 5.75 Å². The molecule has 1 aromatic carbocycles. The van der Waals surface area contributed by atoms with E-state index in [4.69, 9.17) is 10.2 Å². The normalized spacial score (nSPS) is 7.67. The summed E-state index contributed by atoms with van der Waals surface area (Å²) in [5.41, 5.74) is 0.179. The fourth-order valence-corrected chi connectivity index (χ4v) is 0.604. The summed E-state index contributed by atoms with van der Waals surface area (Å²) in [7, 11) is 0. The number of benzene rings is 1. The maximum atomic E-state index is 10.2. The van der Waals surface area contributed by atoms with Crippen LogP contribution < -0.4 is 0 Å². The SMILES string of the molecule is O=C(O)c1ccc(O)cc1.[NaH].[NaH]. The zero-order chi connectivity index (χ0) is 7.56. The van der Waals surface area contributed by atoms with Crippen molar-refractivity contribution in [1.29, 1.82) is 0 Å². The van der Waals surface area contributed by atoms with E-state index >= 15 is 0 Å². The van der Waals surface area contributed by atoms with Gasteiger partial charge in [0.25, 0.3) is 0 Å². The molecule has 0 unspecified atom stereocenters. The van der Waals surface area contributed by atoms with Gasteiger partial charge in [0, 0.05) is 0 Å². The summed E-state index contributed by atoms with van der Waals surface area (Å²) in [6.07, 6.45) is 0. The van der Waals surface area contributed by atoms with E-state index in [-0.39, 0.29) is 70.4 Å². The van der Waals surface area contributed by atoms with E-state index in [0.717, 1.165) is 0 Å². The number of hydrogen-bond acceptors (Lipinski definition) is 2. The van der Waals surface area contributed by atoms with E-state index in [2.05, 4.69) is 0 Å². The predicted molar refractivity (Wildman–Crippen MR) is 49.4 cm³/mol. The van der Waals surface area contributed by atoms with Crippen LogP contribution in [0.1, 0.15) is 10.4 Å². The molecule has 0 fully saturated rings. The molecular formula is C7H8Na2O3. The van der Waals surface area contributed by atoms with Gasteiger partial charge in [-0.25, -0.2) is 4.79 Å². The molecule has 0 spiro atoms. The minimum absolute atomic E-state index is 0. The Hall–Kier alpha value is 0.490. The third-order valence-corrected chi connectivity index (χ3v) is 1.11. The van der Waals surface area contributed by atoms with Crippen molar-refractivity contribution < 1.29 is 15.0 Å². The van der Waals surface area contributed by atoms with Crippen molar-refractivity contribution in [3.63, 3.8) is 0 Å². The molecule has 0 aliphatic rings. The Morgan fingerprint density at radius 1 is 1.08 bits per heavy atom. The summed E-state index contributed by atoms with van der Waals surface area (Å²) >= 11 is 0. The van der Waals surface area contributed by atoms with Gasteiger partial charge in [-0.2, -0.15) is 0 Å². The van der Waals surface area contributed by atoms with Crippen LogP contribution >= 0.6 is 0 Å². The molecule has 0 bridgehead atoms. The zero-order valence-corrected chi connectivity index (χ0v) is 5.11. The van der Waals surface area contributed by atoms with Crippen molar-refractivity contribution in [2.24, 2.45) is 0 Å². The van der Waals surface area contributed by atoms with Gasteiger partial charge in [0.15, 0.2) is 0 Å². The molecule has 0 atom stereocenters. The second kappa shape index (κ2) is 6.95. The van der Waals surface area contributed by atoms with Gasteiger partial charge in [-0.05, 0) is 24.3 Å². The summed E-state index contributed by atoms with van der Waals surface area (Å²) in [5.74, 6) is -0.912. The molecule has 0 heterocycles. The van der Waals surface area contributed by atoms with Crippen molar-refractivity contribution in [3.05, 3.63) is 29.8 Å². The molecule has 5 heteroatoms. The molecule has 0 amide bonds. The fourth-order valence-electron chi connectivity index (χ4n) is 0.604. The molecule has 0 aliphatic carbocycles. The summed E-state index contributed by atoms with van der Waals surface area (Å²) in [4.78, 5) is 10.2. The molecule has 56 valence electrons. The molecule has 0 aliphatic heterocycles. The third-order valence-electron chi connectivity index (χ3n) is 1.11. The van der Waals surface area contributed by atoms with E-state index in [0.29, 0.717) is 0 Å². The van der Waals surface area contributed by atoms with Gasteiger partial charge in [-0.1, -0.05) is 0 Å². The Morgan fingerprint density at radius 2 is 1.50 bits per heavy atom. The number of carboxylic acids is 1. The third kappa shape index (κ3) is 4.50. The van der Waals surface area contributed by atoms with Gasteiger partial charge in [-0.15, -0.1) is 0 Å². The topological polar surface area (TPSA) is 57.5 Å². The Labute approximate surface area is 114 Å². The summed E-state index contributed by atoms with van der Waals surface area (Å²) in [6, 6.07) is 5.36. The monoisotopic (exact) mass is 186 g/mol. The summed E-state index contributed by atoms with van der Waals surface area (Å²) < 4.78 is 0. The van der Waals surface area contributed by atoms with Crippen molar-refractivity contribution >= 4 is 65.1 Å². The van der Waals surface area contributed by atoms with Gasteiger partial charge in [-0.3, -0.25) is 0 Å². The van der Waals surface area contributed by atoms with E-state index < -0.39 is 5.97 Å². The van der Waals surface area contributed by atoms with Crippen LogP contribution in [0.15, 0.2) is 24.3 Å². The quantitative estimate of drug-likeness (QED) is 0.597. The van der Waals surface area contributed by atoms with Crippen LogP contribution in [0.2, 0.25) is 0 Å². The van der Waals surface area contributed by atoms with Crippen LogP contribution in [-0.4, -0.2) is 75.3 Å². The standard InChI is InChI=1S/C7H6O3.2Na.2H/c8-6-3-1-5(2-4-6)7(9)10;;;;/h1-4,8H,(H,9,10);;;;. The molecule has 2 N–H and O–H groups in total. The maximum absolute atomic E-state index is 10.2. The molecule has 0 saturated heterocycles. The Bertz CT molecular complexity index is 245. The summed E-state index contributed by atoms with van der Waals surface area (Å²) in [6.45, 7) is 0. The molecule has 0 radical (unpaired) electrons. The average Bonchev–Trinajstić information content (AvgIpc) is 1.88. The molecule has 12 heavy (non-hydrogen) atoms. The predicted octanol–water partition coefficient (Wildman–Crippen LogP) is -0.207. The zero-order valence-electron chi connectivity index (χ0n) is 5.11. The van der Waals surface area contributed by atoms with Gasteiger partial charge >= 0.3 is 65.1 Å². The first kappa shape index (κ1) is 15.0. The van der Waals surface area contributed by atoms with Crippen molar-refractivity contribution in [1.82, 2.24) is 0 Å². The Balaban J connectivity index is 0. The van der Waals surface area contributed by atoms with Gasteiger partial charge < -0.3 is 10.2 Å². The molecule has 1 rings (SSSR count). The van der Waals surface area contributed by atoms with Gasteiger partial charge in [0.05, 0.1) is 5.56 Å². The van der Waals surface area contributed by atoms with Gasteiger partial charge in [0.1, 0.15) is 5.75 Å². The van der Waals surface area contributed by atoms with Crippen LogP contribution in [0.4, 0.5) is 0 Å². The van der Waals surface area contributed by atoms with Crippen LogP contribution in [0, 0.1) is 0 Å². The Morgan fingerprint density at radius 3 is 1.83 bits per heavy atom. The fraction of sp³-hybridized carbons (Fsp3) is 0. The number of aromatic carboxylic acids is 1. The molecule has 0 saturated carbocycles. The first-order valence-corrected chi connectivity index (χ1v) is 2.72. The van der Waals surface area contributed by atoms with E-state index in [9.17, 15) is 4.79 Å². The van der Waals surface area contributed by atoms with Crippen molar-refractivity contribution in [3.8, 4) is 5.75 Å². The number of hydrogen-bond donors (Lipinski definition) is 2. The Kier molecular flexibility index (Phi) is 8.68. The van der Waals surface area contributed by atoms with Crippen LogP contribution in [0.3, 0.4) is 0 Å². The number of carbonyl (C=O) groups is 1. The first-order chi connectivity index (χ1) is 4.70. The average molecular weight is 186 g/mol. The number of phenols is 1. The molecule has 0 aromatic heterocycles. The van der Waals surface area contributed by atoms with Crippen molar-refractivity contribution in [2.45, 2.75) is 0 Å². The van der Waals surface area contributed by atoms with Crippen LogP contribution in [0.25, 0.3) is 0 Å². The molecular weight excluding hydrogens is 178 g/mol. The number of aromatic hydroxyl groups is 1. The van der Waals surface area contributed by atoms with E-state index in [1.165, 1.54) is 24.3 Å². The molecule has 1 aromatic rings. The minimum atomic E-state index is -0.986. The summed E-state index contributed by atoms with van der Waals surface area (Å²) in [5, 5.41) is 17.1.